The van der Waals surface area contributed by atoms with E-state index in [2.05, 4.69) is 25.6 Å². The molecule has 0 saturated heterocycles. The molecule has 4 aromatic heterocycles. The topological polar surface area (TPSA) is 94.9 Å². The maximum atomic E-state index is 13.1. The Kier molecular flexibility index (Phi) is 6.22. The lowest BCUT2D eigenvalue weighted by Crippen LogP contribution is -2.13. The van der Waals surface area contributed by atoms with Gasteiger partial charge in [0.15, 0.2) is 11.5 Å². The summed E-state index contributed by atoms with van der Waals surface area (Å²) in [6.45, 7) is 5.06. The van der Waals surface area contributed by atoms with Crippen molar-refractivity contribution in [2.24, 2.45) is 0 Å². The zero-order valence-electron chi connectivity index (χ0n) is 18.7. The number of hydrogen-bond donors (Lipinski definition) is 1. The van der Waals surface area contributed by atoms with Crippen LogP contribution in [0.25, 0.3) is 16.9 Å². The number of benzene rings is 1. The van der Waals surface area contributed by atoms with E-state index in [1.165, 1.54) is 6.20 Å². The SMILES string of the molecule is CCn1cc(-c2ccnc3c(C(=O)Nc4nn(Cc5ccc(Cl)cc5Cl)cc4Cl)cnn23)c(C)n1. The Morgan fingerprint density at radius 3 is 2.63 bits per heavy atom. The monoisotopic (exact) mass is 528 g/mol. The summed E-state index contributed by atoms with van der Waals surface area (Å²) in [5, 5.41) is 17.4. The Balaban J connectivity index is 1.41. The lowest BCUT2D eigenvalue weighted by molar-refractivity contribution is 0.102. The molecule has 178 valence electrons. The van der Waals surface area contributed by atoms with Crippen LogP contribution in [-0.4, -0.2) is 40.1 Å². The third-order valence-electron chi connectivity index (χ3n) is 5.49. The molecule has 1 aromatic carbocycles. The normalized spacial score (nSPS) is 11.3. The summed E-state index contributed by atoms with van der Waals surface area (Å²) < 4.78 is 5.07. The van der Waals surface area contributed by atoms with Gasteiger partial charge in [0, 0.05) is 40.7 Å². The quantitative estimate of drug-likeness (QED) is 0.319. The third-order valence-corrected chi connectivity index (χ3v) is 6.35. The maximum Gasteiger partial charge on any atom is 0.262 e. The Labute approximate surface area is 215 Å². The minimum atomic E-state index is -0.428. The van der Waals surface area contributed by atoms with Gasteiger partial charge in [-0.25, -0.2) is 9.50 Å². The van der Waals surface area contributed by atoms with Crippen LogP contribution in [0.4, 0.5) is 5.82 Å². The number of nitrogens with one attached hydrogen (secondary N) is 1. The van der Waals surface area contributed by atoms with Crippen LogP contribution >= 0.6 is 34.8 Å². The van der Waals surface area contributed by atoms with Crippen molar-refractivity contribution in [3.63, 3.8) is 0 Å². The first kappa shape index (κ1) is 23.3. The molecule has 0 atom stereocenters. The summed E-state index contributed by atoms with van der Waals surface area (Å²) in [5.74, 6) is -0.209. The highest BCUT2D eigenvalue weighted by molar-refractivity contribution is 6.35. The number of amides is 1. The highest BCUT2D eigenvalue weighted by atomic mass is 35.5. The first-order chi connectivity index (χ1) is 16.8. The predicted octanol–water partition coefficient (Wildman–Crippen LogP) is 5.38. The highest BCUT2D eigenvalue weighted by Gasteiger charge is 2.20. The standard InChI is InChI=1S/C23H19Cl3N8O/c1-3-32-11-17(13(2)30-32)20-6-7-27-22-16(9-28-34(20)22)23(35)29-21-19(26)12-33(31-21)10-14-4-5-15(24)8-18(14)25/h4-9,11-12H,3,10H2,1-2H3,(H,29,31,35). The van der Waals surface area contributed by atoms with E-state index < -0.39 is 5.91 Å². The van der Waals surface area contributed by atoms with Crippen LogP contribution in [0, 0.1) is 6.92 Å². The molecule has 0 unspecified atom stereocenters. The van der Waals surface area contributed by atoms with E-state index in [9.17, 15) is 4.79 Å². The molecule has 0 spiro atoms. The number of halogens is 3. The van der Waals surface area contributed by atoms with Crippen LogP contribution in [0.3, 0.4) is 0 Å². The van der Waals surface area contributed by atoms with Crippen LogP contribution < -0.4 is 5.32 Å². The second-order valence-corrected chi connectivity index (χ2v) is 9.07. The van der Waals surface area contributed by atoms with Gasteiger partial charge in [0.1, 0.15) is 10.6 Å². The second-order valence-electron chi connectivity index (χ2n) is 7.82. The van der Waals surface area contributed by atoms with Crippen molar-refractivity contribution in [2.75, 3.05) is 5.32 Å². The van der Waals surface area contributed by atoms with Crippen molar-refractivity contribution in [1.29, 1.82) is 0 Å². The molecular weight excluding hydrogens is 511 g/mol. The minimum absolute atomic E-state index is 0.220. The molecule has 0 aliphatic heterocycles. The molecule has 0 radical (unpaired) electrons. The van der Waals surface area contributed by atoms with E-state index in [1.54, 1.807) is 33.7 Å². The van der Waals surface area contributed by atoms with Crippen molar-refractivity contribution in [1.82, 2.24) is 34.2 Å². The molecule has 9 nitrogen and oxygen atoms in total. The molecule has 4 heterocycles. The summed E-state index contributed by atoms with van der Waals surface area (Å²) in [5.41, 5.74) is 4.07. The number of fused-ring (bicyclic) bond motifs is 1. The molecule has 1 amide bonds. The molecule has 5 aromatic rings. The number of aromatic nitrogens is 7. The van der Waals surface area contributed by atoms with Gasteiger partial charge in [0.25, 0.3) is 5.91 Å². The van der Waals surface area contributed by atoms with E-state index in [4.69, 9.17) is 34.8 Å². The number of hydrogen-bond acceptors (Lipinski definition) is 5. The van der Waals surface area contributed by atoms with Crippen LogP contribution in [0.1, 0.15) is 28.5 Å². The molecule has 5 rings (SSSR count). The van der Waals surface area contributed by atoms with Crippen molar-refractivity contribution in [3.8, 4) is 11.3 Å². The first-order valence-electron chi connectivity index (χ1n) is 10.7. The molecule has 1 N–H and O–H groups in total. The van der Waals surface area contributed by atoms with Crippen LogP contribution in [0.2, 0.25) is 15.1 Å². The maximum absolute atomic E-state index is 13.1. The lowest BCUT2D eigenvalue weighted by Gasteiger charge is -2.05. The number of anilines is 1. The van der Waals surface area contributed by atoms with Gasteiger partial charge in [-0.1, -0.05) is 40.9 Å². The van der Waals surface area contributed by atoms with Crippen molar-refractivity contribution < 1.29 is 4.79 Å². The summed E-state index contributed by atoms with van der Waals surface area (Å²) in [6, 6.07) is 7.06. The molecule has 0 fully saturated rings. The van der Waals surface area contributed by atoms with Gasteiger partial charge < -0.3 is 5.32 Å². The average molecular weight is 530 g/mol. The molecule has 0 aliphatic carbocycles. The summed E-state index contributed by atoms with van der Waals surface area (Å²) >= 11 is 18.6. The summed E-state index contributed by atoms with van der Waals surface area (Å²) in [7, 11) is 0. The van der Waals surface area contributed by atoms with Gasteiger partial charge in [0.05, 0.1) is 24.1 Å². The van der Waals surface area contributed by atoms with Crippen LogP contribution in [-0.2, 0) is 13.1 Å². The molecular formula is C23H19Cl3N8O. The van der Waals surface area contributed by atoms with Crippen LogP contribution in [0.5, 0.6) is 0 Å². The fourth-order valence-electron chi connectivity index (χ4n) is 3.75. The molecule has 0 saturated carbocycles. The van der Waals surface area contributed by atoms with E-state index in [-0.39, 0.29) is 10.8 Å². The summed E-state index contributed by atoms with van der Waals surface area (Å²) in [4.78, 5) is 17.5. The number of carbonyl (C=O) groups is 1. The van der Waals surface area contributed by atoms with E-state index in [1.807, 2.05) is 36.9 Å². The molecule has 0 aliphatic rings. The minimum Gasteiger partial charge on any atom is -0.304 e. The number of rotatable bonds is 6. The van der Waals surface area contributed by atoms with Gasteiger partial charge in [0.2, 0.25) is 0 Å². The number of carbonyl (C=O) groups excluding carboxylic acids is 1. The Bertz CT molecular complexity index is 1570. The van der Waals surface area contributed by atoms with Gasteiger partial charge in [-0.15, -0.1) is 0 Å². The van der Waals surface area contributed by atoms with Gasteiger partial charge >= 0.3 is 0 Å². The predicted molar refractivity (Wildman–Crippen MR) is 135 cm³/mol. The Morgan fingerprint density at radius 1 is 1.06 bits per heavy atom. The average Bonchev–Trinajstić information content (AvgIpc) is 3.52. The fourth-order valence-corrected chi connectivity index (χ4v) is 4.41. The van der Waals surface area contributed by atoms with E-state index in [0.717, 1.165) is 29.1 Å². The van der Waals surface area contributed by atoms with E-state index in [0.29, 0.717) is 27.8 Å². The smallest absolute Gasteiger partial charge is 0.262 e. The van der Waals surface area contributed by atoms with Gasteiger partial charge in [-0.3, -0.25) is 14.2 Å². The first-order valence-corrected chi connectivity index (χ1v) is 11.8. The number of nitrogens with zero attached hydrogens (tertiary/aromatic N) is 7. The fraction of sp³-hybridized carbons (Fsp3) is 0.174. The van der Waals surface area contributed by atoms with Crippen molar-refractivity contribution in [3.05, 3.63) is 80.9 Å². The van der Waals surface area contributed by atoms with Gasteiger partial charge in [-0.05, 0) is 37.6 Å². The number of aryl methyl sites for hydroxylation is 2. The Hall–Kier alpha value is -3.40. The van der Waals surface area contributed by atoms with E-state index >= 15 is 0 Å². The third kappa shape index (κ3) is 4.50. The highest BCUT2D eigenvalue weighted by Crippen LogP contribution is 2.26. The zero-order valence-corrected chi connectivity index (χ0v) is 21.0. The molecule has 35 heavy (non-hydrogen) atoms. The Morgan fingerprint density at radius 2 is 1.89 bits per heavy atom. The van der Waals surface area contributed by atoms with Crippen LogP contribution in [0.15, 0.2) is 49.1 Å². The largest absolute Gasteiger partial charge is 0.304 e. The molecule has 12 heteroatoms. The lowest BCUT2D eigenvalue weighted by atomic mass is 10.2. The zero-order chi connectivity index (χ0) is 24.7. The second kappa shape index (κ2) is 9.33. The van der Waals surface area contributed by atoms with Crippen molar-refractivity contribution in [2.45, 2.75) is 26.9 Å². The summed E-state index contributed by atoms with van der Waals surface area (Å²) in [6.07, 6.45) is 6.68. The molecule has 0 bridgehead atoms. The van der Waals surface area contributed by atoms with Crippen molar-refractivity contribution >= 4 is 52.2 Å². The van der Waals surface area contributed by atoms with Gasteiger partial charge in [-0.2, -0.15) is 15.3 Å².